The highest BCUT2D eigenvalue weighted by Crippen LogP contribution is 2.02. The topological polar surface area (TPSA) is 68.9 Å². The van der Waals surface area contributed by atoms with Crippen LogP contribution < -0.4 is 5.56 Å². The zero-order valence-electron chi connectivity index (χ0n) is 5.26. The quantitative estimate of drug-likeness (QED) is 0.480. The predicted molar refractivity (Wildman–Crippen MR) is 38.6 cm³/mol. The van der Waals surface area contributed by atoms with E-state index in [-0.39, 0.29) is 10.5 Å². The van der Waals surface area contributed by atoms with Crippen molar-refractivity contribution in [1.82, 2.24) is 9.97 Å². The molecule has 0 aliphatic heterocycles. The van der Waals surface area contributed by atoms with Crippen molar-refractivity contribution in [3.05, 3.63) is 20.8 Å². The van der Waals surface area contributed by atoms with Crippen molar-refractivity contribution in [2.75, 3.05) is 0 Å². The summed E-state index contributed by atoms with van der Waals surface area (Å²) in [5.74, 6) is -0.311. The first-order valence-electron chi connectivity index (χ1n) is 2.63. The molecule has 3 N–H and O–H groups in total. The molecular formula is C5H6N2O2S. The van der Waals surface area contributed by atoms with Gasteiger partial charge in [0, 0.05) is 0 Å². The van der Waals surface area contributed by atoms with Crippen LogP contribution in [-0.4, -0.2) is 15.1 Å². The number of hydrogen-bond acceptors (Lipinski definition) is 3. The maximum Gasteiger partial charge on any atom is 0.294 e. The van der Waals surface area contributed by atoms with Gasteiger partial charge in [-0.15, -0.1) is 0 Å². The molecule has 0 atom stereocenters. The van der Waals surface area contributed by atoms with Crippen molar-refractivity contribution in [2.24, 2.45) is 0 Å². The van der Waals surface area contributed by atoms with Crippen LogP contribution in [0.25, 0.3) is 0 Å². The highest BCUT2D eigenvalue weighted by Gasteiger charge is 1.98. The van der Waals surface area contributed by atoms with Crippen molar-refractivity contribution < 1.29 is 5.11 Å². The average Bonchev–Trinajstić information content (AvgIpc) is 1.82. The maximum absolute atomic E-state index is 10.7. The number of aromatic amines is 2. The van der Waals surface area contributed by atoms with E-state index in [2.05, 4.69) is 22.2 Å². The SMILES string of the molecule is Cc1[nH]c(=S)[nH]c(=O)c1O. The third-order valence-electron chi connectivity index (χ3n) is 1.10. The van der Waals surface area contributed by atoms with Crippen LogP contribution in [0.15, 0.2) is 4.79 Å². The second kappa shape index (κ2) is 2.26. The van der Waals surface area contributed by atoms with Gasteiger partial charge in [0.25, 0.3) is 5.56 Å². The Labute approximate surface area is 61.6 Å². The molecule has 0 aliphatic rings. The molecule has 1 aromatic rings. The largest absolute Gasteiger partial charge is 0.502 e. The molecule has 0 radical (unpaired) electrons. The summed E-state index contributed by atoms with van der Waals surface area (Å²) in [6, 6.07) is 0. The second-order valence-electron chi connectivity index (χ2n) is 1.88. The molecule has 0 saturated heterocycles. The van der Waals surface area contributed by atoms with Crippen LogP contribution in [0.5, 0.6) is 5.75 Å². The van der Waals surface area contributed by atoms with Crippen LogP contribution in [0.2, 0.25) is 0 Å². The minimum Gasteiger partial charge on any atom is -0.502 e. The first kappa shape index (κ1) is 7.01. The minimum atomic E-state index is -0.554. The summed E-state index contributed by atoms with van der Waals surface area (Å²) >= 11 is 4.62. The third kappa shape index (κ3) is 1.08. The Balaban J connectivity index is 3.62. The standard InChI is InChI=1S/C5H6N2O2S/c1-2-3(8)4(9)7-5(10)6-2/h8H,1H3,(H2,6,7,9,10). The summed E-state index contributed by atoms with van der Waals surface area (Å²) in [5, 5.41) is 8.91. The van der Waals surface area contributed by atoms with E-state index in [1.807, 2.05) is 0 Å². The first-order chi connectivity index (χ1) is 4.61. The molecular weight excluding hydrogens is 152 g/mol. The summed E-state index contributed by atoms with van der Waals surface area (Å²) in [6.45, 7) is 1.57. The molecule has 1 rings (SSSR count). The van der Waals surface area contributed by atoms with E-state index in [9.17, 15) is 4.79 Å². The number of aromatic hydroxyl groups is 1. The fourth-order valence-electron chi connectivity index (χ4n) is 0.593. The number of rotatable bonds is 0. The van der Waals surface area contributed by atoms with E-state index in [4.69, 9.17) is 5.11 Å². The van der Waals surface area contributed by atoms with E-state index in [0.29, 0.717) is 5.69 Å². The molecule has 5 heteroatoms. The molecule has 10 heavy (non-hydrogen) atoms. The van der Waals surface area contributed by atoms with Gasteiger partial charge < -0.3 is 10.1 Å². The Morgan fingerprint density at radius 1 is 1.50 bits per heavy atom. The van der Waals surface area contributed by atoms with Gasteiger partial charge in [0.1, 0.15) is 0 Å². The highest BCUT2D eigenvalue weighted by atomic mass is 32.1. The fraction of sp³-hybridized carbons (Fsp3) is 0.200. The van der Waals surface area contributed by atoms with Crippen LogP contribution in [0.3, 0.4) is 0 Å². The molecule has 0 aliphatic carbocycles. The Morgan fingerprint density at radius 2 is 2.10 bits per heavy atom. The molecule has 54 valence electrons. The zero-order chi connectivity index (χ0) is 7.72. The van der Waals surface area contributed by atoms with Crippen LogP contribution in [0.4, 0.5) is 0 Å². The lowest BCUT2D eigenvalue weighted by Gasteiger charge is -1.94. The van der Waals surface area contributed by atoms with Gasteiger partial charge in [-0.25, -0.2) is 0 Å². The molecule has 4 nitrogen and oxygen atoms in total. The van der Waals surface area contributed by atoms with Gasteiger partial charge in [0.2, 0.25) is 5.75 Å². The lowest BCUT2D eigenvalue weighted by Crippen LogP contribution is -2.07. The Bertz CT molecular complexity index is 351. The van der Waals surface area contributed by atoms with Crippen LogP contribution >= 0.6 is 12.2 Å². The minimum absolute atomic E-state index is 0.223. The summed E-state index contributed by atoms with van der Waals surface area (Å²) in [4.78, 5) is 15.5. The molecule has 0 unspecified atom stereocenters. The highest BCUT2D eigenvalue weighted by molar-refractivity contribution is 7.71. The van der Waals surface area contributed by atoms with Gasteiger partial charge in [-0.05, 0) is 19.1 Å². The maximum atomic E-state index is 10.7. The summed E-state index contributed by atoms with van der Waals surface area (Å²) in [7, 11) is 0. The van der Waals surface area contributed by atoms with Crippen molar-refractivity contribution >= 4 is 12.2 Å². The number of aromatic nitrogens is 2. The second-order valence-corrected chi connectivity index (χ2v) is 2.29. The van der Waals surface area contributed by atoms with E-state index >= 15 is 0 Å². The van der Waals surface area contributed by atoms with Gasteiger partial charge in [0.05, 0.1) is 5.69 Å². The number of aryl methyl sites for hydroxylation is 1. The van der Waals surface area contributed by atoms with Gasteiger partial charge in [0.15, 0.2) is 4.77 Å². The normalized spacial score (nSPS) is 9.70. The molecule has 0 spiro atoms. The van der Waals surface area contributed by atoms with Crippen molar-refractivity contribution in [3.63, 3.8) is 0 Å². The van der Waals surface area contributed by atoms with E-state index in [1.165, 1.54) is 0 Å². The molecule has 0 amide bonds. The molecule has 1 heterocycles. The van der Waals surface area contributed by atoms with Crippen LogP contribution in [-0.2, 0) is 0 Å². The Morgan fingerprint density at radius 3 is 2.60 bits per heavy atom. The zero-order valence-corrected chi connectivity index (χ0v) is 6.08. The monoisotopic (exact) mass is 158 g/mol. The number of nitrogens with one attached hydrogen (secondary N) is 2. The Kier molecular flexibility index (Phi) is 1.58. The summed E-state index contributed by atoms with van der Waals surface area (Å²) < 4.78 is 0.223. The smallest absolute Gasteiger partial charge is 0.294 e. The first-order valence-corrected chi connectivity index (χ1v) is 3.04. The van der Waals surface area contributed by atoms with Gasteiger partial charge >= 0.3 is 0 Å². The van der Waals surface area contributed by atoms with Gasteiger partial charge in [-0.3, -0.25) is 9.78 Å². The molecule has 0 fully saturated rings. The van der Waals surface area contributed by atoms with Crippen molar-refractivity contribution in [2.45, 2.75) is 6.92 Å². The number of H-pyrrole nitrogens is 2. The van der Waals surface area contributed by atoms with Crippen LogP contribution in [0, 0.1) is 11.7 Å². The lowest BCUT2D eigenvalue weighted by molar-refractivity contribution is 0.457. The van der Waals surface area contributed by atoms with E-state index < -0.39 is 5.56 Å². The van der Waals surface area contributed by atoms with E-state index in [0.717, 1.165) is 0 Å². The molecule has 0 bridgehead atoms. The Hall–Kier alpha value is -1.10. The third-order valence-corrected chi connectivity index (χ3v) is 1.30. The molecule has 0 saturated carbocycles. The van der Waals surface area contributed by atoms with E-state index in [1.54, 1.807) is 6.92 Å². The summed E-state index contributed by atoms with van der Waals surface area (Å²) in [6.07, 6.45) is 0. The average molecular weight is 158 g/mol. The lowest BCUT2D eigenvalue weighted by atomic mass is 10.4. The predicted octanol–water partition coefficient (Wildman–Crippen LogP) is 0.447. The summed E-state index contributed by atoms with van der Waals surface area (Å²) in [5.41, 5.74) is -0.171. The van der Waals surface area contributed by atoms with Crippen LogP contribution in [0.1, 0.15) is 5.69 Å². The number of hydrogen-bond donors (Lipinski definition) is 3. The van der Waals surface area contributed by atoms with Gasteiger partial charge in [-0.1, -0.05) is 0 Å². The fourth-order valence-corrected chi connectivity index (χ4v) is 0.839. The van der Waals surface area contributed by atoms with Crippen molar-refractivity contribution in [1.29, 1.82) is 0 Å². The van der Waals surface area contributed by atoms with Crippen molar-refractivity contribution in [3.8, 4) is 5.75 Å². The molecule has 1 aromatic heterocycles. The molecule has 0 aromatic carbocycles. The van der Waals surface area contributed by atoms with Gasteiger partial charge in [-0.2, -0.15) is 0 Å².